The highest BCUT2D eigenvalue weighted by molar-refractivity contribution is 5.87. The highest BCUT2D eigenvalue weighted by Crippen LogP contribution is 2.36. The van der Waals surface area contributed by atoms with Gasteiger partial charge in [0.2, 0.25) is 0 Å². The Morgan fingerprint density at radius 2 is 1.33 bits per heavy atom. The summed E-state index contributed by atoms with van der Waals surface area (Å²) in [5.74, 6) is 1.20. The predicted molar refractivity (Wildman–Crippen MR) is 200 cm³/mol. The Morgan fingerprint density at radius 3 is 1.96 bits per heavy atom. The van der Waals surface area contributed by atoms with Crippen molar-refractivity contribution in [1.29, 1.82) is 0 Å². The lowest BCUT2D eigenvalue weighted by Crippen LogP contribution is -2.48. The normalized spacial score (nSPS) is 19.2. The molecule has 0 spiro atoms. The summed E-state index contributed by atoms with van der Waals surface area (Å²) in [6, 6.07) is 19.8. The number of urea groups is 1. The number of imidazole rings is 2. The van der Waals surface area contributed by atoms with Crippen LogP contribution in [0, 0.1) is 0 Å². The second kappa shape index (κ2) is 15.1. The molecule has 3 aliphatic rings. The predicted octanol–water partition coefficient (Wildman–Crippen LogP) is 6.13. The van der Waals surface area contributed by atoms with Crippen LogP contribution < -0.4 is 0 Å². The molecule has 0 radical (unpaired) electrons. The van der Waals surface area contributed by atoms with Crippen molar-refractivity contribution in [3.63, 3.8) is 0 Å². The number of carboxylic acid groups (broad SMARTS) is 1. The number of likely N-dealkylation sites (tertiary alicyclic amines) is 2. The molecule has 4 amide bonds. The molecule has 5 aromatic rings. The molecule has 3 aromatic heterocycles. The molecule has 14 nitrogen and oxygen atoms in total. The number of H-pyrrole nitrogens is 2. The van der Waals surface area contributed by atoms with E-state index in [1.807, 2.05) is 64.7 Å². The van der Waals surface area contributed by atoms with Crippen LogP contribution in [0.2, 0.25) is 0 Å². The van der Waals surface area contributed by atoms with Crippen molar-refractivity contribution in [2.24, 2.45) is 0 Å². The van der Waals surface area contributed by atoms with Crippen molar-refractivity contribution in [3.05, 3.63) is 103 Å². The third kappa shape index (κ3) is 6.92. The second-order valence-corrected chi connectivity index (χ2v) is 14.0. The summed E-state index contributed by atoms with van der Waals surface area (Å²) in [4.78, 5) is 66.7. The van der Waals surface area contributed by atoms with Crippen LogP contribution in [0.25, 0.3) is 33.8 Å². The number of pyridine rings is 1. The molecule has 3 aliphatic heterocycles. The van der Waals surface area contributed by atoms with Crippen LogP contribution in [0.5, 0.6) is 0 Å². The molecule has 0 aliphatic carbocycles. The monoisotopic (exact) mass is 729 g/mol. The van der Waals surface area contributed by atoms with Crippen molar-refractivity contribution < 1.29 is 24.2 Å². The molecule has 278 valence electrons. The Labute approximate surface area is 312 Å². The first-order valence-corrected chi connectivity index (χ1v) is 18.5. The zero-order valence-corrected chi connectivity index (χ0v) is 30.1. The molecule has 2 aromatic carbocycles. The Morgan fingerprint density at radius 1 is 0.741 bits per heavy atom. The van der Waals surface area contributed by atoms with Crippen LogP contribution in [0.4, 0.5) is 9.59 Å². The number of nitrogens with zero attached hydrogens (tertiary/aromatic N) is 7. The fourth-order valence-electron chi connectivity index (χ4n) is 7.82. The number of nitrogens with one attached hydrogen (secondary N) is 2. The first-order valence-electron chi connectivity index (χ1n) is 18.5. The number of ether oxygens (including phenoxy) is 1. The van der Waals surface area contributed by atoms with Gasteiger partial charge in [0.15, 0.2) is 0 Å². The zero-order valence-electron chi connectivity index (χ0n) is 30.1. The molecule has 3 N–H and O–H groups in total. The van der Waals surface area contributed by atoms with Crippen molar-refractivity contribution in [3.8, 4) is 33.8 Å². The lowest BCUT2D eigenvalue weighted by Gasteiger charge is -2.33. The number of aromatic nitrogens is 5. The van der Waals surface area contributed by atoms with E-state index in [9.17, 15) is 19.5 Å². The van der Waals surface area contributed by atoms with E-state index in [1.165, 1.54) is 7.05 Å². The van der Waals surface area contributed by atoms with Crippen LogP contribution in [0.3, 0.4) is 0 Å². The van der Waals surface area contributed by atoms with Gasteiger partial charge in [0.05, 0.1) is 54.8 Å². The van der Waals surface area contributed by atoms with Crippen molar-refractivity contribution in [2.45, 2.75) is 43.8 Å². The summed E-state index contributed by atoms with van der Waals surface area (Å²) in [5, 5.41) is 9.77. The van der Waals surface area contributed by atoms with Gasteiger partial charge >= 0.3 is 12.1 Å². The van der Waals surface area contributed by atoms with E-state index in [-0.39, 0.29) is 24.0 Å². The number of morpholine rings is 1. The van der Waals surface area contributed by atoms with Crippen LogP contribution >= 0.6 is 0 Å². The number of carbonyl (C=O) groups is 3. The fraction of sp³-hybridized carbons (Fsp3) is 0.350. The number of benzene rings is 2. The van der Waals surface area contributed by atoms with E-state index in [4.69, 9.17) is 9.72 Å². The fourth-order valence-corrected chi connectivity index (χ4v) is 7.82. The number of hydrogen-bond acceptors (Lipinski definition) is 7. The molecule has 3 saturated heterocycles. The summed E-state index contributed by atoms with van der Waals surface area (Å²) in [6.45, 7) is 3.63. The van der Waals surface area contributed by atoms with Crippen LogP contribution in [0.15, 0.2) is 85.3 Å². The highest BCUT2D eigenvalue weighted by atomic mass is 16.5. The molecule has 0 unspecified atom stereocenters. The molecule has 8 rings (SSSR count). The van der Waals surface area contributed by atoms with Gasteiger partial charge in [-0.3, -0.25) is 14.7 Å². The van der Waals surface area contributed by atoms with Crippen molar-refractivity contribution in [2.75, 3.05) is 46.4 Å². The van der Waals surface area contributed by atoms with Gasteiger partial charge in [-0.15, -0.1) is 0 Å². The minimum absolute atomic E-state index is 0.0519. The van der Waals surface area contributed by atoms with E-state index in [0.717, 1.165) is 76.7 Å². The molecular formula is C40H43N9O5. The molecule has 3 atom stereocenters. The third-order valence-corrected chi connectivity index (χ3v) is 10.7. The van der Waals surface area contributed by atoms with Gasteiger partial charge in [0.1, 0.15) is 17.7 Å². The van der Waals surface area contributed by atoms with Gasteiger partial charge in [-0.1, -0.05) is 54.6 Å². The average molecular weight is 730 g/mol. The minimum atomic E-state index is -1.17. The Balaban J connectivity index is 0.931. The Bertz CT molecular complexity index is 2090. The zero-order chi connectivity index (χ0) is 37.2. The molecule has 3 fully saturated rings. The summed E-state index contributed by atoms with van der Waals surface area (Å²) in [6.07, 6.45) is 7.59. The van der Waals surface area contributed by atoms with Crippen molar-refractivity contribution >= 4 is 18.0 Å². The first-order chi connectivity index (χ1) is 26.4. The van der Waals surface area contributed by atoms with E-state index >= 15 is 0 Å². The lowest BCUT2D eigenvalue weighted by atomic mass is 10.0. The van der Waals surface area contributed by atoms with E-state index < -0.39 is 12.1 Å². The number of rotatable bonds is 8. The number of amides is 4. The maximum atomic E-state index is 13.9. The summed E-state index contributed by atoms with van der Waals surface area (Å²) < 4.78 is 5.42. The summed E-state index contributed by atoms with van der Waals surface area (Å²) in [5.41, 5.74) is 5.94. The van der Waals surface area contributed by atoms with Gasteiger partial charge < -0.3 is 34.5 Å². The van der Waals surface area contributed by atoms with Gasteiger partial charge in [0.25, 0.3) is 5.91 Å². The van der Waals surface area contributed by atoms with Crippen molar-refractivity contribution in [1.82, 2.24) is 44.5 Å². The highest BCUT2D eigenvalue weighted by Gasteiger charge is 2.39. The lowest BCUT2D eigenvalue weighted by molar-refractivity contribution is -0.137. The third-order valence-electron chi connectivity index (χ3n) is 10.7. The molecular weight excluding hydrogens is 686 g/mol. The molecule has 54 heavy (non-hydrogen) atoms. The Hall–Kier alpha value is -6.02. The van der Waals surface area contributed by atoms with E-state index in [0.29, 0.717) is 44.2 Å². The van der Waals surface area contributed by atoms with Gasteiger partial charge in [-0.05, 0) is 48.9 Å². The summed E-state index contributed by atoms with van der Waals surface area (Å²) >= 11 is 0. The van der Waals surface area contributed by atoms with Gasteiger partial charge in [0, 0.05) is 50.6 Å². The first kappa shape index (κ1) is 35.0. The molecule has 0 saturated carbocycles. The number of hydrogen-bond donors (Lipinski definition) is 3. The topological polar surface area (TPSA) is 164 Å². The molecule has 0 bridgehead atoms. The SMILES string of the molecule is CN(C(=O)O)[C@@H](C(=O)N1CCC[C@H]1c1ncc(-c2ccc(-c3ccc(-c4cnc([C@@H]5CCCN5C(=O)N5CCOCC5)[nH]4)cn3)cc2)[nH]1)c1ccccc1. The largest absolute Gasteiger partial charge is 0.465 e. The van der Waals surface area contributed by atoms with Gasteiger partial charge in [-0.2, -0.15) is 0 Å². The van der Waals surface area contributed by atoms with Gasteiger partial charge in [-0.25, -0.2) is 19.6 Å². The number of likely N-dealkylation sites (N-methyl/N-ethyl adjacent to an activating group) is 1. The standard InChI is InChI=1S/C40H43N9O5/c1-46(40(52)53)35(28-7-3-2-4-8-28)38(50)48-17-5-9-33(48)36-42-24-31(44-36)27-13-11-26(12-14-27)30-16-15-29(23-41-30)32-25-43-37(45-32)34-10-6-18-49(34)39(51)47-19-21-54-22-20-47/h2-4,7-8,11-16,23-25,33-35H,5-6,9-10,17-22H2,1H3,(H,42,44)(H,43,45)(H,52,53)/t33-,34-,35+/m0/s1. The van der Waals surface area contributed by atoms with E-state index in [1.54, 1.807) is 35.4 Å². The molecule has 14 heteroatoms. The summed E-state index contributed by atoms with van der Waals surface area (Å²) in [7, 11) is 1.43. The number of carbonyl (C=O) groups excluding carboxylic acids is 2. The maximum absolute atomic E-state index is 13.9. The maximum Gasteiger partial charge on any atom is 0.407 e. The smallest absolute Gasteiger partial charge is 0.407 e. The second-order valence-electron chi connectivity index (χ2n) is 14.0. The quantitative estimate of drug-likeness (QED) is 0.172. The molecule has 6 heterocycles. The number of aromatic amines is 2. The van der Waals surface area contributed by atoms with Crippen LogP contribution in [0.1, 0.15) is 61.0 Å². The average Bonchev–Trinajstić information content (AvgIpc) is 4.06. The van der Waals surface area contributed by atoms with E-state index in [2.05, 4.69) is 19.9 Å². The van der Waals surface area contributed by atoms with Crippen LogP contribution in [-0.2, 0) is 9.53 Å². The Kier molecular flexibility index (Phi) is 9.83. The van der Waals surface area contributed by atoms with Crippen LogP contribution in [-0.4, -0.2) is 114 Å². The minimum Gasteiger partial charge on any atom is -0.465 e.